The average Bonchev–Trinajstić information content (AvgIpc) is 2.26. The maximum atomic E-state index is 11.1. The molecule has 0 radical (unpaired) electrons. The zero-order chi connectivity index (χ0) is 12.5. The third-order valence-corrected chi connectivity index (χ3v) is 4.03. The van der Waals surface area contributed by atoms with Gasteiger partial charge in [-0.1, -0.05) is 17.7 Å². The second-order valence-corrected chi connectivity index (χ2v) is 6.97. The molecule has 6 heteroatoms. The van der Waals surface area contributed by atoms with Gasteiger partial charge in [-0.2, -0.15) is 0 Å². The summed E-state index contributed by atoms with van der Waals surface area (Å²) in [6, 6.07) is 5.75. The first-order valence-electron chi connectivity index (χ1n) is 5.42. The Morgan fingerprint density at radius 3 is 2.94 bits per heavy atom. The van der Waals surface area contributed by atoms with Gasteiger partial charge in [0.1, 0.15) is 9.84 Å². The second kappa shape index (κ2) is 4.74. The van der Waals surface area contributed by atoms with Gasteiger partial charge in [0.05, 0.1) is 22.2 Å². The minimum Gasteiger partial charge on any atom is -0.380 e. The lowest BCUT2D eigenvalue weighted by molar-refractivity contribution is 0.594. The SMILES string of the molecule is CS(=O)(=O)CCC1CNc2c(Cl)cccc2N1. The van der Waals surface area contributed by atoms with Crippen LogP contribution in [-0.2, 0) is 9.84 Å². The van der Waals surface area contributed by atoms with Gasteiger partial charge in [-0.15, -0.1) is 0 Å². The third-order valence-electron chi connectivity index (χ3n) is 2.74. The Morgan fingerprint density at radius 1 is 1.47 bits per heavy atom. The van der Waals surface area contributed by atoms with Crippen molar-refractivity contribution in [3.63, 3.8) is 0 Å². The van der Waals surface area contributed by atoms with Crippen LogP contribution in [0.15, 0.2) is 18.2 Å². The van der Waals surface area contributed by atoms with Gasteiger partial charge < -0.3 is 10.6 Å². The summed E-state index contributed by atoms with van der Waals surface area (Å²) in [7, 11) is -2.90. The van der Waals surface area contributed by atoms with E-state index < -0.39 is 9.84 Å². The fourth-order valence-electron chi connectivity index (χ4n) is 1.85. The lowest BCUT2D eigenvalue weighted by Gasteiger charge is -2.28. The molecule has 0 spiro atoms. The van der Waals surface area contributed by atoms with E-state index in [0.29, 0.717) is 18.0 Å². The van der Waals surface area contributed by atoms with E-state index in [1.807, 2.05) is 18.2 Å². The van der Waals surface area contributed by atoms with Gasteiger partial charge in [-0.05, 0) is 18.6 Å². The minimum absolute atomic E-state index is 0.121. The first kappa shape index (κ1) is 12.5. The molecule has 1 aromatic carbocycles. The normalized spacial score (nSPS) is 19.1. The summed E-state index contributed by atoms with van der Waals surface area (Å²) < 4.78 is 22.2. The van der Waals surface area contributed by atoms with Gasteiger partial charge in [-0.25, -0.2) is 8.42 Å². The lowest BCUT2D eigenvalue weighted by atomic mass is 10.1. The van der Waals surface area contributed by atoms with Crippen LogP contribution in [0.5, 0.6) is 0 Å². The smallest absolute Gasteiger partial charge is 0.147 e. The van der Waals surface area contributed by atoms with E-state index in [9.17, 15) is 8.42 Å². The molecule has 0 amide bonds. The fraction of sp³-hybridized carbons (Fsp3) is 0.455. The van der Waals surface area contributed by atoms with Crippen molar-refractivity contribution in [2.24, 2.45) is 0 Å². The monoisotopic (exact) mass is 274 g/mol. The summed E-state index contributed by atoms with van der Waals surface area (Å²) in [5.41, 5.74) is 1.83. The number of halogens is 1. The quantitative estimate of drug-likeness (QED) is 0.885. The van der Waals surface area contributed by atoms with E-state index in [2.05, 4.69) is 10.6 Å². The molecular weight excluding hydrogens is 260 g/mol. The predicted octanol–water partition coefficient (Wildman–Crippen LogP) is 1.98. The van der Waals surface area contributed by atoms with Gasteiger partial charge in [0.2, 0.25) is 0 Å². The van der Waals surface area contributed by atoms with Crippen LogP contribution in [0.1, 0.15) is 6.42 Å². The van der Waals surface area contributed by atoms with Gasteiger partial charge in [0.15, 0.2) is 0 Å². The zero-order valence-corrected chi connectivity index (χ0v) is 11.1. The van der Waals surface area contributed by atoms with Crippen molar-refractivity contribution in [3.8, 4) is 0 Å². The largest absolute Gasteiger partial charge is 0.380 e. The van der Waals surface area contributed by atoms with Crippen LogP contribution in [0.3, 0.4) is 0 Å². The number of hydrogen-bond donors (Lipinski definition) is 2. The van der Waals surface area contributed by atoms with Crippen molar-refractivity contribution < 1.29 is 8.42 Å². The number of rotatable bonds is 3. The highest BCUT2D eigenvalue weighted by Crippen LogP contribution is 2.33. The number of benzene rings is 1. The van der Waals surface area contributed by atoms with Crippen LogP contribution in [-0.4, -0.2) is 33.0 Å². The Labute approximate surface area is 106 Å². The fourth-order valence-corrected chi connectivity index (χ4v) is 2.80. The number of hydrogen-bond acceptors (Lipinski definition) is 4. The van der Waals surface area contributed by atoms with Crippen molar-refractivity contribution in [1.29, 1.82) is 0 Å². The van der Waals surface area contributed by atoms with Crippen molar-refractivity contribution in [2.75, 3.05) is 29.2 Å². The molecule has 1 heterocycles. The summed E-state index contributed by atoms with van der Waals surface area (Å²) >= 11 is 6.04. The molecule has 4 nitrogen and oxygen atoms in total. The molecule has 1 aliphatic rings. The Morgan fingerprint density at radius 2 is 2.24 bits per heavy atom. The van der Waals surface area contributed by atoms with Gasteiger partial charge in [0.25, 0.3) is 0 Å². The molecular formula is C11H15ClN2O2S. The molecule has 1 aliphatic heterocycles. The Balaban J connectivity index is 2.04. The van der Waals surface area contributed by atoms with E-state index in [4.69, 9.17) is 11.6 Å². The topological polar surface area (TPSA) is 58.2 Å². The molecule has 2 rings (SSSR count). The van der Waals surface area contributed by atoms with Crippen LogP contribution < -0.4 is 10.6 Å². The van der Waals surface area contributed by atoms with Gasteiger partial charge >= 0.3 is 0 Å². The Hall–Kier alpha value is -0.940. The van der Waals surface area contributed by atoms with E-state index in [0.717, 1.165) is 11.4 Å². The Kier molecular flexibility index (Phi) is 3.49. The minimum atomic E-state index is -2.90. The molecule has 0 aliphatic carbocycles. The van der Waals surface area contributed by atoms with E-state index in [1.165, 1.54) is 6.26 Å². The highest BCUT2D eigenvalue weighted by Gasteiger charge is 2.19. The number of anilines is 2. The molecule has 1 aromatic rings. The lowest BCUT2D eigenvalue weighted by Crippen LogP contribution is -2.34. The molecule has 1 unspecified atom stereocenters. The summed E-state index contributed by atoms with van der Waals surface area (Å²) in [6.45, 7) is 0.687. The summed E-state index contributed by atoms with van der Waals surface area (Å²) in [5, 5.41) is 7.20. The first-order valence-corrected chi connectivity index (χ1v) is 7.86. The molecule has 94 valence electrons. The zero-order valence-electron chi connectivity index (χ0n) is 9.53. The number of sulfone groups is 1. The molecule has 0 bridgehead atoms. The van der Waals surface area contributed by atoms with Gasteiger partial charge in [0, 0.05) is 18.8 Å². The van der Waals surface area contributed by atoms with Crippen LogP contribution in [0.4, 0.5) is 11.4 Å². The first-order chi connectivity index (χ1) is 7.96. The number of para-hydroxylation sites is 1. The number of nitrogens with one attached hydrogen (secondary N) is 2. The molecule has 0 aromatic heterocycles. The average molecular weight is 275 g/mol. The predicted molar refractivity (Wildman–Crippen MR) is 71.7 cm³/mol. The van der Waals surface area contributed by atoms with E-state index in [-0.39, 0.29) is 11.8 Å². The summed E-state index contributed by atoms with van der Waals surface area (Å²) in [5.74, 6) is 0.197. The molecule has 0 fully saturated rings. The van der Waals surface area contributed by atoms with Crippen LogP contribution >= 0.6 is 11.6 Å². The Bertz CT molecular complexity index is 516. The third kappa shape index (κ3) is 3.26. The molecule has 1 atom stereocenters. The summed E-state index contributed by atoms with van der Waals surface area (Å²) in [4.78, 5) is 0. The maximum Gasteiger partial charge on any atom is 0.147 e. The highest BCUT2D eigenvalue weighted by molar-refractivity contribution is 7.90. The van der Waals surface area contributed by atoms with Crippen LogP contribution in [0.25, 0.3) is 0 Å². The van der Waals surface area contributed by atoms with Crippen LogP contribution in [0.2, 0.25) is 5.02 Å². The standard InChI is InChI=1S/C11H15ClN2O2S/c1-17(15,16)6-5-8-7-13-11-9(12)3-2-4-10(11)14-8/h2-4,8,13-14H,5-7H2,1H3. The van der Waals surface area contributed by atoms with Crippen molar-refractivity contribution in [1.82, 2.24) is 0 Å². The molecule has 0 saturated heterocycles. The van der Waals surface area contributed by atoms with Crippen molar-refractivity contribution >= 4 is 32.8 Å². The van der Waals surface area contributed by atoms with Crippen molar-refractivity contribution in [2.45, 2.75) is 12.5 Å². The molecule has 2 N–H and O–H groups in total. The maximum absolute atomic E-state index is 11.1. The van der Waals surface area contributed by atoms with Crippen molar-refractivity contribution in [3.05, 3.63) is 23.2 Å². The summed E-state index contributed by atoms with van der Waals surface area (Å²) in [6.07, 6.45) is 1.85. The van der Waals surface area contributed by atoms with E-state index >= 15 is 0 Å². The number of fused-ring (bicyclic) bond motifs is 1. The molecule has 0 saturated carbocycles. The van der Waals surface area contributed by atoms with Gasteiger partial charge in [-0.3, -0.25) is 0 Å². The second-order valence-electron chi connectivity index (χ2n) is 4.30. The molecule has 17 heavy (non-hydrogen) atoms. The van der Waals surface area contributed by atoms with Crippen LogP contribution in [0, 0.1) is 0 Å². The highest BCUT2D eigenvalue weighted by atomic mass is 35.5. The van der Waals surface area contributed by atoms with E-state index in [1.54, 1.807) is 0 Å².